The van der Waals surface area contributed by atoms with Crippen molar-refractivity contribution < 1.29 is 9.90 Å². The van der Waals surface area contributed by atoms with E-state index >= 15 is 0 Å². The van der Waals surface area contributed by atoms with Crippen LogP contribution in [-0.2, 0) is 4.79 Å². The summed E-state index contributed by atoms with van der Waals surface area (Å²) in [4.78, 5) is 10.1. The molecule has 0 heterocycles. The molecular formula is C11H18O2. The molecule has 2 nitrogen and oxygen atoms in total. The molecule has 0 aromatic carbocycles. The number of aliphatic carboxylic acids is 1. The predicted octanol–water partition coefficient (Wildman–Crippen LogP) is 3.15. The van der Waals surface area contributed by atoms with Gasteiger partial charge >= 0.3 is 5.97 Å². The molecular weight excluding hydrogens is 164 g/mol. The number of carboxylic acids is 1. The smallest absolute Gasteiger partial charge is 0.327 e. The molecule has 0 fully saturated rings. The summed E-state index contributed by atoms with van der Waals surface area (Å²) in [7, 11) is 0. The van der Waals surface area contributed by atoms with Gasteiger partial charge in [0.2, 0.25) is 0 Å². The molecule has 0 rings (SSSR count). The second kappa shape index (κ2) is 9.04. The van der Waals surface area contributed by atoms with E-state index in [9.17, 15) is 4.79 Å². The van der Waals surface area contributed by atoms with Crippen LogP contribution in [0.2, 0.25) is 0 Å². The Kier molecular flexibility index (Phi) is 8.31. The lowest BCUT2D eigenvalue weighted by Crippen LogP contribution is -1.85. The summed E-state index contributed by atoms with van der Waals surface area (Å²) in [6.07, 6.45) is 12.5. The zero-order valence-corrected chi connectivity index (χ0v) is 8.20. The Hall–Kier alpha value is -1.05. The molecule has 0 saturated carbocycles. The molecule has 0 spiro atoms. The second-order valence-electron chi connectivity index (χ2n) is 2.90. The van der Waals surface area contributed by atoms with Crippen molar-refractivity contribution in [1.82, 2.24) is 0 Å². The molecule has 0 aliphatic carbocycles. The van der Waals surface area contributed by atoms with Gasteiger partial charge in [0.15, 0.2) is 0 Å². The lowest BCUT2D eigenvalue weighted by molar-refractivity contribution is -0.131. The van der Waals surface area contributed by atoms with Gasteiger partial charge in [-0.3, -0.25) is 0 Å². The zero-order chi connectivity index (χ0) is 9.94. The Morgan fingerprint density at radius 3 is 2.31 bits per heavy atom. The second-order valence-corrected chi connectivity index (χ2v) is 2.90. The van der Waals surface area contributed by atoms with Crippen molar-refractivity contribution >= 4 is 5.97 Å². The maximum atomic E-state index is 10.1. The summed E-state index contributed by atoms with van der Waals surface area (Å²) in [6.45, 7) is 2.12. The predicted molar refractivity (Wildman–Crippen MR) is 54.7 cm³/mol. The van der Waals surface area contributed by atoms with E-state index in [1.807, 2.05) is 0 Å². The fourth-order valence-corrected chi connectivity index (χ4v) is 0.993. The highest BCUT2D eigenvalue weighted by molar-refractivity contribution is 5.79. The van der Waals surface area contributed by atoms with E-state index in [1.54, 1.807) is 6.08 Å². The van der Waals surface area contributed by atoms with Gasteiger partial charge in [-0.1, -0.05) is 25.2 Å². The van der Waals surface area contributed by atoms with Crippen molar-refractivity contribution in [3.8, 4) is 0 Å². The zero-order valence-electron chi connectivity index (χ0n) is 8.20. The molecule has 0 amide bonds. The fraction of sp³-hybridized carbons (Fsp3) is 0.545. The minimum absolute atomic E-state index is 0.856. The van der Waals surface area contributed by atoms with Gasteiger partial charge in [0.1, 0.15) is 0 Å². The molecule has 0 saturated heterocycles. The highest BCUT2D eigenvalue weighted by Crippen LogP contribution is 2.01. The van der Waals surface area contributed by atoms with Gasteiger partial charge < -0.3 is 5.11 Å². The van der Waals surface area contributed by atoms with Gasteiger partial charge in [0, 0.05) is 6.08 Å². The van der Waals surface area contributed by atoms with Crippen LogP contribution in [0.25, 0.3) is 0 Å². The van der Waals surface area contributed by atoms with Crippen molar-refractivity contribution in [2.45, 2.75) is 39.0 Å². The Labute approximate surface area is 80.0 Å². The first-order chi connectivity index (χ1) is 6.27. The lowest BCUT2D eigenvalue weighted by Gasteiger charge is -1.91. The van der Waals surface area contributed by atoms with Crippen LogP contribution in [0, 0.1) is 0 Å². The van der Waals surface area contributed by atoms with Crippen LogP contribution in [0.5, 0.6) is 0 Å². The molecule has 74 valence electrons. The standard InChI is InChI=1S/C11H18O2/c1-2-3-4-5-6-7-8-9-10-11(12)13/h3-4,9-10H,2,5-8H2,1H3,(H,12,13). The van der Waals surface area contributed by atoms with E-state index in [0.29, 0.717) is 0 Å². The van der Waals surface area contributed by atoms with Crippen LogP contribution in [0.3, 0.4) is 0 Å². The number of hydrogen-bond acceptors (Lipinski definition) is 1. The average molecular weight is 182 g/mol. The van der Waals surface area contributed by atoms with Gasteiger partial charge in [-0.15, -0.1) is 0 Å². The number of rotatable bonds is 7. The van der Waals surface area contributed by atoms with Crippen molar-refractivity contribution in [2.24, 2.45) is 0 Å². The summed E-state index contributed by atoms with van der Waals surface area (Å²) in [5, 5.41) is 8.29. The minimum atomic E-state index is -0.856. The largest absolute Gasteiger partial charge is 0.478 e. The highest BCUT2D eigenvalue weighted by Gasteiger charge is 1.86. The van der Waals surface area contributed by atoms with Crippen molar-refractivity contribution in [1.29, 1.82) is 0 Å². The monoisotopic (exact) mass is 182 g/mol. The Morgan fingerprint density at radius 1 is 1.15 bits per heavy atom. The summed E-state index contributed by atoms with van der Waals surface area (Å²) in [5.74, 6) is -0.856. The first kappa shape index (κ1) is 11.9. The van der Waals surface area contributed by atoms with Crippen molar-refractivity contribution in [2.75, 3.05) is 0 Å². The van der Waals surface area contributed by atoms with Crippen molar-refractivity contribution in [3.05, 3.63) is 24.3 Å². The highest BCUT2D eigenvalue weighted by atomic mass is 16.4. The molecule has 13 heavy (non-hydrogen) atoms. The quantitative estimate of drug-likeness (QED) is 0.373. The number of allylic oxidation sites excluding steroid dienone is 3. The van der Waals surface area contributed by atoms with Crippen LogP contribution in [0.15, 0.2) is 24.3 Å². The normalized spacial score (nSPS) is 11.5. The van der Waals surface area contributed by atoms with Crippen LogP contribution < -0.4 is 0 Å². The van der Waals surface area contributed by atoms with E-state index in [-0.39, 0.29) is 0 Å². The Balaban J connectivity index is 3.17. The van der Waals surface area contributed by atoms with E-state index in [0.717, 1.165) is 32.1 Å². The third-order valence-corrected chi connectivity index (χ3v) is 1.65. The van der Waals surface area contributed by atoms with Gasteiger partial charge in [-0.25, -0.2) is 4.79 Å². The number of carboxylic acid groups (broad SMARTS) is 1. The summed E-state index contributed by atoms with van der Waals surface area (Å²) in [6, 6.07) is 0. The minimum Gasteiger partial charge on any atom is -0.478 e. The molecule has 0 unspecified atom stereocenters. The molecule has 1 N–H and O–H groups in total. The van der Waals surface area contributed by atoms with Gasteiger partial charge in [0.25, 0.3) is 0 Å². The number of unbranched alkanes of at least 4 members (excludes halogenated alkanes) is 3. The summed E-state index contributed by atoms with van der Waals surface area (Å²) >= 11 is 0. The summed E-state index contributed by atoms with van der Waals surface area (Å²) in [5.41, 5.74) is 0. The van der Waals surface area contributed by atoms with Crippen LogP contribution >= 0.6 is 0 Å². The Morgan fingerprint density at radius 2 is 1.77 bits per heavy atom. The Bertz CT molecular complexity index is 181. The van der Waals surface area contributed by atoms with Crippen LogP contribution in [0.1, 0.15) is 39.0 Å². The average Bonchev–Trinajstić information content (AvgIpc) is 2.09. The maximum Gasteiger partial charge on any atom is 0.327 e. The first-order valence-electron chi connectivity index (χ1n) is 4.81. The molecule has 0 bridgehead atoms. The molecule has 2 heteroatoms. The van der Waals surface area contributed by atoms with Crippen LogP contribution in [0.4, 0.5) is 0 Å². The lowest BCUT2D eigenvalue weighted by atomic mass is 10.2. The first-order valence-corrected chi connectivity index (χ1v) is 4.81. The molecule has 0 aliphatic heterocycles. The maximum absolute atomic E-state index is 10.1. The summed E-state index contributed by atoms with van der Waals surface area (Å²) < 4.78 is 0. The number of hydrogen-bond donors (Lipinski definition) is 1. The SMILES string of the molecule is CCC=CCCCCC=CC(=O)O. The van der Waals surface area contributed by atoms with Gasteiger partial charge in [-0.05, 0) is 32.1 Å². The third kappa shape index (κ3) is 10.9. The van der Waals surface area contributed by atoms with E-state index < -0.39 is 5.97 Å². The molecule has 0 radical (unpaired) electrons. The molecule has 0 aromatic heterocycles. The third-order valence-electron chi connectivity index (χ3n) is 1.65. The fourth-order valence-electron chi connectivity index (χ4n) is 0.993. The molecule has 0 aromatic rings. The van der Waals surface area contributed by atoms with E-state index in [1.165, 1.54) is 6.08 Å². The van der Waals surface area contributed by atoms with Gasteiger partial charge in [-0.2, -0.15) is 0 Å². The van der Waals surface area contributed by atoms with Gasteiger partial charge in [0.05, 0.1) is 0 Å². The molecule has 0 aliphatic rings. The van der Waals surface area contributed by atoms with Crippen molar-refractivity contribution in [3.63, 3.8) is 0 Å². The van der Waals surface area contributed by atoms with E-state index in [2.05, 4.69) is 19.1 Å². The van der Waals surface area contributed by atoms with Crippen LogP contribution in [-0.4, -0.2) is 11.1 Å². The van der Waals surface area contributed by atoms with E-state index in [4.69, 9.17) is 5.11 Å². The topological polar surface area (TPSA) is 37.3 Å². The number of carbonyl (C=O) groups is 1. The molecule has 0 atom stereocenters.